The van der Waals surface area contributed by atoms with Gasteiger partial charge in [-0.3, -0.25) is 0 Å². The molecule has 0 fully saturated rings. The number of rotatable bonds is 2. The second kappa shape index (κ2) is 5.51. The molecular formula is C12H8BrCl2FN2. The van der Waals surface area contributed by atoms with Gasteiger partial charge in [-0.05, 0) is 40.5 Å². The van der Waals surface area contributed by atoms with Crippen molar-refractivity contribution in [1.29, 1.82) is 0 Å². The minimum atomic E-state index is -0.366. The number of aromatic nitrogens is 2. The van der Waals surface area contributed by atoms with Crippen molar-refractivity contribution < 1.29 is 4.39 Å². The van der Waals surface area contributed by atoms with E-state index in [0.717, 1.165) is 11.3 Å². The van der Waals surface area contributed by atoms with Crippen LogP contribution in [0.2, 0.25) is 10.2 Å². The quantitative estimate of drug-likeness (QED) is 0.741. The van der Waals surface area contributed by atoms with Gasteiger partial charge in [0.15, 0.2) is 0 Å². The van der Waals surface area contributed by atoms with Crippen molar-refractivity contribution in [1.82, 2.24) is 9.97 Å². The first kappa shape index (κ1) is 13.7. The maximum Gasteiger partial charge on any atom is 0.147 e. The van der Waals surface area contributed by atoms with Crippen LogP contribution in [0.15, 0.2) is 22.7 Å². The third-order valence-electron chi connectivity index (χ3n) is 2.39. The number of halogens is 4. The van der Waals surface area contributed by atoms with E-state index < -0.39 is 0 Å². The summed E-state index contributed by atoms with van der Waals surface area (Å²) in [5, 5.41) is 0.714. The lowest BCUT2D eigenvalue weighted by Crippen LogP contribution is -2.00. The molecule has 6 heteroatoms. The van der Waals surface area contributed by atoms with Gasteiger partial charge in [0, 0.05) is 11.4 Å². The number of nitrogens with zero attached hydrogens (tertiary/aromatic N) is 2. The maximum absolute atomic E-state index is 12.9. The first-order valence-corrected chi connectivity index (χ1v) is 6.64. The molecular weight excluding hydrogens is 342 g/mol. The van der Waals surface area contributed by atoms with Crippen LogP contribution in [0.25, 0.3) is 0 Å². The smallest absolute Gasteiger partial charge is 0.147 e. The van der Waals surface area contributed by atoms with Crippen molar-refractivity contribution in [3.63, 3.8) is 0 Å². The highest BCUT2D eigenvalue weighted by molar-refractivity contribution is 9.10. The lowest BCUT2D eigenvalue weighted by Gasteiger charge is -2.06. The average Bonchev–Trinajstić information content (AvgIpc) is 2.29. The van der Waals surface area contributed by atoms with Crippen LogP contribution in [0.3, 0.4) is 0 Å². The monoisotopic (exact) mass is 348 g/mol. The Bertz CT molecular complexity index is 582. The molecule has 0 unspecified atom stereocenters. The van der Waals surface area contributed by atoms with E-state index in [-0.39, 0.29) is 5.82 Å². The van der Waals surface area contributed by atoms with Crippen molar-refractivity contribution in [2.75, 3.05) is 0 Å². The molecule has 0 radical (unpaired) electrons. The minimum Gasteiger partial charge on any atom is -0.237 e. The fraction of sp³-hybridized carbons (Fsp3) is 0.167. The Morgan fingerprint density at radius 2 is 2.00 bits per heavy atom. The third kappa shape index (κ3) is 2.99. The Hall–Kier alpha value is -0.710. The van der Waals surface area contributed by atoms with Gasteiger partial charge in [-0.1, -0.05) is 29.3 Å². The Kier molecular flexibility index (Phi) is 4.20. The van der Waals surface area contributed by atoms with Gasteiger partial charge in [0.2, 0.25) is 0 Å². The van der Waals surface area contributed by atoms with E-state index in [2.05, 4.69) is 25.9 Å². The van der Waals surface area contributed by atoms with Gasteiger partial charge in [0.1, 0.15) is 16.8 Å². The predicted molar refractivity (Wildman–Crippen MR) is 73.7 cm³/mol. The van der Waals surface area contributed by atoms with Crippen LogP contribution in [0.1, 0.15) is 17.1 Å². The van der Waals surface area contributed by atoms with Crippen LogP contribution in [-0.2, 0) is 6.42 Å². The van der Waals surface area contributed by atoms with Crippen LogP contribution < -0.4 is 0 Å². The van der Waals surface area contributed by atoms with E-state index in [4.69, 9.17) is 23.2 Å². The van der Waals surface area contributed by atoms with Crippen molar-refractivity contribution in [2.45, 2.75) is 13.3 Å². The molecule has 0 atom stereocenters. The van der Waals surface area contributed by atoms with E-state index >= 15 is 0 Å². The molecule has 0 bridgehead atoms. The first-order valence-electron chi connectivity index (χ1n) is 5.10. The molecule has 1 heterocycles. The van der Waals surface area contributed by atoms with E-state index in [0.29, 0.717) is 26.9 Å². The van der Waals surface area contributed by atoms with Crippen molar-refractivity contribution in [2.24, 2.45) is 0 Å². The molecule has 0 spiro atoms. The molecule has 0 saturated carbocycles. The predicted octanol–water partition coefficient (Wildman–Crippen LogP) is 4.58. The van der Waals surface area contributed by atoms with Gasteiger partial charge in [-0.25, -0.2) is 14.4 Å². The standard InChI is InChI=1S/C12H8BrCl2FN2/c1-6-11(13)12(15)18-10(17-6)4-7-2-3-8(16)5-9(7)14/h2-3,5H,4H2,1H3. The largest absolute Gasteiger partial charge is 0.237 e. The molecule has 0 amide bonds. The normalized spacial score (nSPS) is 10.7. The van der Waals surface area contributed by atoms with Gasteiger partial charge in [-0.15, -0.1) is 0 Å². The van der Waals surface area contributed by atoms with Crippen LogP contribution in [-0.4, -0.2) is 9.97 Å². The zero-order valence-corrected chi connectivity index (χ0v) is 12.4. The summed E-state index contributed by atoms with van der Waals surface area (Å²) in [6.07, 6.45) is 0.410. The Balaban J connectivity index is 2.34. The van der Waals surface area contributed by atoms with E-state index in [9.17, 15) is 4.39 Å². The number of hydrogen-bond acceptors (Lipinski definition) is 2. The molecule has 94 valence electrons. The summed E-state index contributed by atoms with van der Waals surface area (Å²) in [4.78, 5) is 8.44. The van der Waals surface area contributed by atoms with Gasteiger partial charge in [-0.2, -0.15) is 0 Å². The SMILES string of the molecule is Cc1nc(Cc2ccc(F)cc2Cl)nc(Cl)c1Br. The summed E-state index contributed by atoms with van der Waals surface area (Å²) in [6, 6.07) is 4.24. The number of hydrogen-bond donors (Lipinski definition) is 0. The Morgan fingerprint density at radius 3 is 2.61 bits per heavy atom. The van der Waals surface area contributed by atoms with E-state index in [1.807, 2.05) is 6.92 Å². The molecule has 0 aliphatic heterocycles. The molecule has 0 aliphatic rings. The number of aryl methyl sites for hydroxylation is 1. The summed E-state index contributed by atoms with van der Waals surface area (Å²) >= 11 is 15.2. The summed E-state index contributed by atoms with van der Waals surface area (Å²) in [5.74, 6) is 0.184. The molecule has 2 rings (SSSR count). The van der Waals surface area contributed by atoms with Crippen LogP contribution in [0.5, 0.6) is 0 Å². The van der Waals surface area contributed by atoms with E-state index in [1.165, 1.54) is 12.1 Å². The lowest BCUT2D eigenvalue weighted by molar-refractivity contribution is 0.627. The second-order valence-electron chi connectivity index (χ2n) is 3.74. The molecule has 1 aromatic carbocycles. The Labute approximate surface area is 122 Å². The highest BCUT2D eigenvalue weighted by Gasteiger charge is 2.10. The zero-order valence-electron chi connectivity index (χ0n) is 9.35. The van der Waals surface area contributed by atoms with E-state index in [1.54, 1.807) is 6.07 Å². The summed E-state index contributed by atoms with van der Waals surface area (Å²) < 4.78 is 13.6. The summed E-state index contributed by atoms with van der Waals surface area (Å²) in [6.45, 7) is 1.83. The van der Waals surface area contributed by atoms with Crippen molar-refractivity contribution in [3.8, 4) is 0 Å². The van der Waals surface area contributed by atoms with Gasteiger partial charge in [0.25, 0.3) is 0 Å². The van der Waals surface area contributed by atoms with Gasteiger partial charge < -0.3 is 0 Å². The lowest BCUT2D eigenvalue weighted by atomic mass is 10.1. The minimum absolute atomic E-state index is 0.357. The topological polar surface area (TPSA) is 25.8 Å². The average molecular weight is 350 g/mol. The molecule has 2 nitrogen and oxygen atoms in total. The third-order valence-corrected chi connectivity index (χ3v) is 4.19. The van der Waals surface area contributed by atoms with Crippen molar-refractivity contribution >= 4 is 39.1 Å². The van der Waals surface area contributed by atoms with Crippen LogP contribution in [0.4, 0.5) is 4.39 Å². The Morgan fingerprint density at radius 1 is 1.28 bits per heavy atom. The summed E-state index contributed by atoms with van der Waals surface area (Å²) in [7, 11) is 0. The molecule has 0 saturated heterocycles. The fourth-order valence-electron chi connectivity index (χ4n) is 1.49. The van der Waals surface area contributed by atoms with Crippen LogP contribution >= 0.6 is 39.1 Å². The molecule has 0 N–H and O–H groups in total. The molecule has 2 aromatic rings. The maximum atomic E-state index is 12.9. The second-order valence-corrected chi connectivity index (χ2v) is 5.30. The highest BCUT2D eigenvalue weighted by Crippen LogP contribution is 2.25. The first-order chi connectivity index (χ1) is 8.47. The van der Waals surface area contributed by atoms with Gasteiger partial charge in [0.05, 0.1) is 10.2 Å². The molecule has 0 aliphatic carbocycles. The van der Waals surface area contributed by atoms with Gasteiger partial charge >= 0.3 is 0 Å². The number of benzene rings is 1. The molecule has 18 heavy (non-hydrogen) atoms. The highest BCUT2D eigenvalue weighted by atomic mass is 79.9. The summed E-state index contributed by atoms with van der Waals surface area (Å²) in [5.41, 5.74) is 1.51. The zero-order chi connectivity index (χ0) is 13.3. The van der Waals surface area contributed by atoms with Crippen molar-refractivity contribution in [3.05, 3.63) is 55.7 Å². The molecule has 1 aromatic heterocycles. The fourth-order valence-corrected chi connectivity index (χ4v) is 2.14. The van der Waals surface area contributed by atoms with Crippen LogP contribution in [0, 0.1) is 12.7 Å².